The fourth-order valence-corrected chi connectivity index (χ4v) is 3.81. The van der Waals surface area contributed by atoms with Gasteiger partial charge in [0.05, 0.1) is 6.61 Å². The second kappa shape index (κ2) is 10.2. The number of H-pyrrole nitrogens is 1. The van der Waals surface area contributed by atoms with Gasteiger partial charge in [-0.3, -0.25) is 4.99 Å². The van der Waals surface area contributed by atoms with Crippen molar-refractivity contribution in [3.05, 3.63) is 48.2 Å². The van der Waals surface area contributed by atoms with E-state index in [9.17, 15) is 0 Å². The van der Waals surface area contributed by atoms with E-state index in [0.717, 1.165) is 70.4 Å². The van der Waals surface area contributed by atoms with Crippen LogP contribution in [0.4, 0.5) is 0 Å². The number of aliphatic imine (C=N–C) groups is 1. The molecule has 1 aliphatic heterocycles. The molecule has 1 unspecified atom stereocenters. The van der Waals surface area contributed by atoms with Gasteiger partial charge in [0.2, 0.25) is 0 Å². The Labute approximate surface area is 177 Å². The lowest BCUT2D eigenvalue weighted by molar-refractivity contribution is 0.187. The second-order valence-corrected chi connectivity index (χ2v) is 7.68. The highest BCUT2D eigenvalue weighted by atomic mass is 16.5. The standard InChI is InChI=1S/C22H31N7O/c1-2-21-28-27-16-29(21)11-10-24-22(26-13-17-8-12-30-15-17)23-9-7-18-14-25-20-6-4-3-5-19(18)20/h3-6,14,16-17,25H,2,7-13,15H2,1H3,(H2,23,24,26). The van der Waals surface area contributed by atoms with Crippen molar-refractivity contribution >= 4 is 16.9 Å². The Balaban J connectivity index is 1.32. The molecule has 3 aromatic rings. The molecule has 1 saturated heterocycles. The van der Waals surface area contributed by atoms with Gasteiger partial charge in [0.1, 0.15) is 12.2 Å². The molecule has 1 aliphatic rings. The van der Waals surface area contributed by atoms with Crippen molar-refractivity contribution in [1.29, 1.82) is 0 Å². The molecule has 2 aromatic heterocycles. The van der Waals surface area contributed by atoms with Crippen LogP contribution in [0.3, 0.4) is 0 Å². The zero-order valence-corrected chi connectivity index (χ0v) is 17.6. The summed E-state index contributed by atoms with van der Waals surface area (Å²) in [5.74, 6) is 2.38. The van der Waals surface area contributed by atoms with Gasteiger partial charge in [0, 0.05) is 62.2 Å². The molecule has 3 N–H and O–H groups in total. The summed E-state index contributed by atoms with van der Waals surface area (Å²) in [6.07, 6.45) is 6.79. The Morgan fingerprint density at radius 2 is 2.20 bits per heavy atom. The van der Waals surface area contributed by atoms with Gasteiger partial charge >= 0.3 is 0 Å². The Hall–Kier alpha value is -2.87. The predicted molar refractivity (Wildman–Crippen MR) is 119 cm³/mol. The van der Waals surface area contributed by atoms with Crippen molar-refractivity contribution in [3.63, 3.8) is 0 Å². The minimum atomic E-state index is 0.516. The molecule has 160 valence electrons. The number of aromatic nitrogens is 4. The lowest BCUT2D eigenvalue weighted by Gasteiger charge is -2.14. The first kappa shape index (κ1) is 20.4. The van der Waals surface area contributed by atoms with Gasteiger partial charge in [0.25, 0.3) is 0 Å². The van der Waals surface area contributed by atoms with Gasteiger partial charge in [0.15, 0.2) is 5.96 Å². The number of ether oxygens (including phenoxy) is 1. The summed E-state index contributed by atoms with van der Waals surface area (Å²) in [6.45, 7) is 6.95. The summed E-state index contributed by atoms with van der Waals surface area (Å²) >= 11 is 0. The molecule has 1 atom stereocenters. The van der Waals surface area contributed by atoms with Crippen LogP contribution >= 0.6 is 0 Å². The minimum absolute atomic E-state index is 0.516. The summed E-state index contributed by atoms with van der Waals surface area (Å²) < 4.78 is 7.57. The molecule has 0 aliphatic carbocycles. The number of guanidine groups is 1. The number of hydrogen-bond acceptors (Lipinski definition) is 4. The first-order valence-electron chi connectivity index (χ1n) is 10.8. The van der Waals surface area contributed by atoms with Crippen molar-refractivity contribution in [1.82, 2.24) is 30.4 Å². The Kier molecular flexibility index (Phi) is 6.97. The Morgan fingerprint density at radius 3 is 3.07 bits per heavy atom. The van der Waals surface area contributed by atoms with Crippen LogP contribution in [0.25, 0.3) is 10.9 Å². The van der Waals surface area contributed by atoms with E-state index in [1.807, 2.05) is 0 Å². The highest BCUT2D eigenvalue weighted by Gasteiger charge is 2.15. The highest BCUT2D eigenvalue weighted by Crippen LogP contribution is 2.17. The Morgan fingerprint density at radius 1 is 1.30 bits per heavy atom. The van der Waals surface area contributed by atoms with Crippen LogP contribution in [-0.2, 0) is 24.1 Å². The fraction of sp³-hybridized carbons (Fsp3) is 0.500. The number of benzene rings is 1. The quantitative estimate of drug-likeness (QED) is 0.372. The van der Waals surface area contributed by atoms with E-state index < -0.39 is 0 Å². The van der Waals surface area contributed by atoms with E-state index in [0.29, 0.717) is 5.92 Å². The normalized spacial score (nSPS) is 17.0. The smallest absolute Gasteiger partial charge is 0.191 e. The van der Waals surface area contributed by atoms with Crippen molar-refractivity contribution in [2.24, 2.45) is 10.9 Å². The lowest BCUT2D eigenvalue weighted by atomic mass is 10.1. The van der Waals surface area contributed by atoms with Crippen molar-refractivity contribution in [3.8, 4) is 0 Å². The lowest BCUT2D eigenvalue weighted by Crippen LogP contribution is -2.40. The summed E-state index contributed by atoms with van der Waals surface area (Å²) in [7, 11) is 0. The van der Waals surface area contributed by atoms with Crippen LogP contribution in [-0.4, -0.2) is 58.6 Å². The number of aryl methyl sites for hydroxylation is 1. The summed E-state index contributed by atoms with van der Waals surface area (Å²) in [5.41, 5.74) is 2.50. The van der Waals surface area contributed by atoms with Gasteiger partial charge < -0.3 is 24.9 Å². The maximum atomic E-state index is 5.49. The molecule has 4 rings (SSSR count). The van der Waals surface area contributed by atoms with Crippen LogP contribution < -0.4 is 10.6 Å². The molecule has 30 heavy (non-hydrogen) atoms. The average molecular weight is 410 g/mol. The third-order valence-corrected chi connectivity index (χ3v) is 5.55. The summed E-state index contributed by atoms with van der Waals surface area (Å²) in [4.78, 5) is 8.16. The monoisotopic (exact) mass is 409 g/mol. The molecule has 3 heterocycles. The third-order valence-electron chi connectivity index (χ3n) is 5.55. The molecular formula is C22H31N7O. The zero-order valence-electron chi connectivity index (χ0n) is 17.6. The van der Waals surface area contributed by atoms with Crippen LogP contribution in [0.15, 0.2) is 41.8 Å². The highest BCUT2D eigenvalue weighted by molar-refractivity contribution is 5.83. The zero-order chi connectivity index (χ0) is 20.6. The van der Waals surface area contributed by atoms with Crippen molar-refractivity contribution in [2.45, 2.75) is 32.7 Å². The molecule has 0 bridgehead atoms. The SMILES string of the molecule is CCc1nncn1CCNC(=NCC1CCOC1)NCCc1c[nH]c2ccccc12. The van der Waals surface area contributed by atoms with Crippen molar-refractivity contribution < 1.29 is 4.74 Å². The maximum absolute atomic E-state index is 5.49. The molecule has 0 amide bonds. The molecule has 8 heteroatoms. The van der Waals surface area contributed by atoms with E-state index >= 15 is 0 Å². The largest absolute Gasteiger partial charge is 0.381 e. The van der Waals surface area contributed by atoms with E-state index in [1.165, 1.54) is 16.5 Å². The molecule has 0 spiro atoms. The number of rotatable bonds is 9. The van der Waals surface area contributed by atoms with Crippen LogP contribution in [0.2, 0.25) is 0 Å². The van der Waals surface area contributed by atoms with E-state index in [-0.39, 0.29) is 0 Å². The maximum Gasteiger partial charge on any atom is 0.191 e. The topological polar surface area (TPSA) is 92.2 Å². The van der Waals surface area contributed by atoms with Gasteiger partial charge in [-0.15, -0.1) is 10.2 Å². The number of fused-ring (bicyclic) bond motifs is 1. The van der Waals surface area contributed by atoms with Gasteiger partial charge in [-0.05, 0) is 24.5 Å². The van der Waals surface area contributed by atoms with Gasteiger partial charge in [-0.1, -0.05) is 25.1 Å². The van der Waals surface area contributed by atoms with Gasteiger partial charge in [-0.25, -0.2) is 0 Å². The first-order valence-corrected chi connectivity index (χ1v) is 10.8. The van der Waals surface area contributed by atoms with Gasteiger partial charge in [-0.2, -0.15) is 0 Å². The second-order valence-electron chi connectivity index (χ2n) is 7.68. The van der Waals surface area contributed by atoms with E-state index in [4.69, 9.17) is 9.73 Å². The molecule has 1 aromatic carbocycles. The van der Waals surface area contributed by atoms with E-state index in [1.54, 1.807) is 6.33 Å². The first-order chi connectivity index (χ1) is 14.8. The number of hydrogen-bond donors (Lipinski definition) is 3. The molecule has 1 fully saturated rings. The molecule has 0 radical (unpaired) electrons. The summed E-state index contributed by atoms with van der Waals surface area (Å²) in [6, 6.07) is 8.42. The van der Waals surface area contributed by atoms with Crippen LogP contribution in [0.1, 0.15) is 24.7 Å². The fourth-order valence-electron chi connectivity index (χ4n) is 3.81. The predicted octanol–water partition coefficient (Wildman–Crippen LogP) is 2.14. The average Bonchev–Trinajstić information content (AvgIpc) is 3.53. The molecular weight excluding hydrogens is 378 g/mol. The number of nitrogens with one attached hydrogen (secondary N) is 3. The number of nitrogens with zero attached hydrogens (tertiary/aromatic N) is 4. The number of aromatic amines is 1. The van der Waals surface area contributed by atoms with E-state index in [2.05, 4.69) is 67.8 Å². The summed E-state index contributed by atoms with van der Waals surface area (Å²) in [5, 5.41) is 16.4. The Bertz CT molecular complexity index is 955. The minimum Gasteiger partial charge on any atom is -0.381 e. The van der Waals surface area contributed by atoms with Crippen LogP contribution in [0.5, 0.6) is 0 Å². The number of para-hydroxylation sites is 1. The molecule has 0 saturated carbocycles. The van der Waals surface area contributed by atoms with Crippen molar-refractivity contribution in [2.75, 3.05) is 32.8 Å². The van der Waals surface area contributed by atoms with Crippen LogP contribution in [0, 0.1) is 5.92 Å². The molecule has 8 nitrogen and oxygen atoms in total. The third kappa shape index (κ3) is 5.18.